The second-order valence-corrected chi connectivity index (χ2v) is 5.22. The van der Waals surface area contributed by atoms with E-state index in [0.717, 1.165) is 42.5 Å². The Labute approximate surface area is 137 Å². The van der Waals surface area contributed by atoms with Gasteiger partial charge >= 0.3 is 12.1 Å². The van der Waals surface area contributed by atoms with Crippen molar-refractivity contribution < 1.29 is 32.6 Å². The van der Waals surface area contributed by atoms with Crippen LogP contribution in [0.15, 0.2) is 51.7 Å². The monoisotopic (exact) mass is 350 g/mol. The van der Waals surface area contributed by atoms with Gasteiger partial charge in [-0.2, -0.15) is 13.2 Å². The molecule has 0 saturated heterocycles. The number of aromatic hydroxyl groups is 1. The summed E-state index contributed by atoms with van der Waals surface area (Å²) in [6, 6.07) is 6.94. The number of hydrogen-bond donors (Lipinski definition) is 2. The van der Waals surface area contributed by atoms with Crippen molar-refractivity contribution in [3.63, 3.8) is 0 Å². The molecule has 0 amide bonds. The number of alkyl halides is 3. The number of fused-ring (bicyclic) bond motifs is 1. The number of rotatable bonds is 2. The van der Waals surface area contributed by atoms with Crippen LogP contribution in [0.2, 0.25) is 0 Å². The summed E-state index contributed by atoms with van der Waals surface area (Å²) in [7, 11) is 0. The van der Waals surface area contributed by atoms with E-state index < -0.39 is 28.9 Å². The predicted octanol–water partition coefficient (Wildman–Crippen LogP) is 3.88. The summed E-state index contributed by atoms with van der Waals surface area (Å²) in [6.07, 6.45) is -4.50. The molecule has 2 aromatic carbocycles. The molecule has 0 atom stereocenters. The zero-order valence-corrected chi connectivity index (χ0v) is 12.3. The second kappa shape index (κ2) is 5.66. The fraction of sp³-hybridized carbons (Fsp3) is 0.0588. The topological polar surface area (TPSA) is 87.7 Å². The van der Waals surface area contributed by atoms with Crippen molar-refractivity contribution in [2.45, 2.75) is 6.18 Å². The van der Waals surface area contributed by atoms with E-state index >= 15 is 0 Å². The maximum Gasteiger partial charge on any atom is 0.416 e. The zero-order chi connectivity index (χ0) is 18.4. The fourth-order valence-electron chi connectivity index (χ4n) is 2.36. The molecule has 0 spiro atoms. The third kappa shape index (κ3) is 3.06. The van der Waals surface area contributed by atoms with Gasteiger partial charge in [0.15, 0.2) is 5.43 Å². The number of benzene rings is 2. The highest BCUT2D eigenvalue weighted by Crippen LogP contribution is 2.32. The number of halogens is 3. The molecule has 1 aromatic heterocycles. The SMILES string of the molecule is O=C(O)c1cc(O)c2c(=O)cc(-c3ccc(C(F)(F)F)cc3)oc2c1. The molecule has 0 bridgehead atoms. The summed E-state index contributed by atoms with van der Waals surface area (Å²) in [5, 5.41) is 18.6. The molecule has 0 fully saturated rings. The number of carboxylic acid groups (broad SMARTS) is 1. The summed E-state index contributed by atoms with van der Waals surface area (Å²) < 4.78 is 43.2. The summed E-state index contributed by atoms with van der Waals surface area (Å²) in [4.78, 5) is 23.2. The van der Waals surface area contributed by atoms with Gasteiger partial charge in [0.2, 0.25) is 0 Å². The lowest BCUT2D eigenvalue weighted by Crippen LogP contribution is -2.05. The Balaban J connectivity index is 2.17. The van der Waals surface area contributed by atoms with Gasteiger partial charge in [0.25, 0.3) is 0 Å². The molecule has 0 aliphatic carbocycles. The molecular formula is C17H9F3O5. The first kappa shape index (κ1) is 16.6. The highest BCUT2D eigenvalue weighted by atomic mass is 19.4. The molecule has 5 nitrogen and oxygen atoms in total. The largest absolute Gasteiger partial charge is 0.507 e. The van der Waals surface area contributed by atoms with Crippen LogP contribution in [0.25, 0.3) is 22.3 Å². The molecule has 3 aromatic rings. The summed E-state index contributed by atoms with van der Waals surface area (Å²) in [5.74, 6) is -1.93. The van der Waals surface area contributed by atoms with Gasteiger partial charge in [0.1, 0.15) is 22.5 Å². The lowest BCUT2D eigenvalue weighted by Gasteiger charge is -2.08. The van der Waals surface area contributed by atoms with Crippen molar-refractivity contribution in [3.8, 4) is 17.1 Å². The van der Waals surface area contributed by atoms with E-state index in [9.17, 15) is 27.9 Å². The van der Waals surface area contributed by atoms with Crippen LogP contribution in [0.5, 0.6) is 5.75 Å². The van der Waals surface area contributed by atoms with Gasteiger partial charge in [-0.1, -0.05) is 12.1 Å². The first-order valence-corrected chi connectivity index (χ1v) is 6.88. The Morgan fingerprint density at radius 3 is 2.24 bits per heavy atom. The van der Waals surface area contributed by atoms with Crippen LogP contribution in [0.1, 0.15) is 15.9 Å². The normalized spacial score (nSPS) is 11.6. The van der Waals surface area contributed by atoms with Crippen molar-refractivity contribution in [1.82, 2.24) is 0 Å². The predicted molar refractivity (Wildman–Crippen MR) is 81.5 cm³/mol. The first-order chi connectivity index (χ1) is 11.7. The Morgan fingerprint density at radius 2 is 1.68 bits per heavy atom. The van der Waals surface area contributed by atoms with E-state index in [1.54, 1.807) is 0 Å². The molecular weight excluding hydrogens is 341 g/mol. The smallest absolute Gasteiger partial charge is 0.416 e. The minimum atomic E-state index is -4.50. The van der Waals surface area contributed by atoms with Crippen molar-refractivity contribution in [1.29, 1.82) is 0 Å². The van der Waals surface area contributed by atoms with Gasteiger partial charge in [0, 0.05) is 11.6 Å². The average Bonchev–Trinajstić information content (AvgIpc) is 2.53. The molecule has 8 heteroatoms. The molecule has 0 saturated carbocycles. The van der Waals surface area contributed by atoms with Crippen molar-refractivity contribution in [2.24, 2.45) is 0 Å². The number of carboxylic acids is 1. The van der Waals surface area contributed by atoms with Crippen LogP contribution in [0.4, 0.5) is 13.2 Å². The van der Waals surface area contributed by atoms with Gasteiger partial charge in [-0.25, -0.2) is 4.79 Å². The molecule has 3 rings (SSSR count). The quantitative estimate of drug-likeness (QED) is 0.732. The van der Waals surface area contributed by atoms with Gasteiger partial charge in [-0.3, -0.25) is 4.79 Å². The maximum absolute atomic E-state index is 12.6. The van der Waals surface area contributed by atoms with E-state index in [1.807, 2.05) is 0 Å². The maximum atomic E-state index is 12.6. The Kier molecular flexibility index (Phi) is 3.75. The number of phenols is 1. The van der Waals surface area contributed by atoms with Crippen LogP contribution in [-0.4, -0.2) is 16.2 Å². The average molecular weight is 350 g/mol. The molecule has 0 radical (unpaired) electrons. The summed E-state index contributed by atoms with van der Waals surface area (Å²) in [5.41, 5.74) is -1.78. The Bertz CT molecular complexity index is 1030. The Hall–Kier alpha value is -3.29. The third-order valence-corrected chi connectivity index (χ3v) is 3.55. The standard InChI is InChI=1S/C17H9F3O5/c18-17(19,20)10-3-1-8(2-4-10)13-7-12(22)15-11(21)5-9(16(23)24)6-14(15)25-13/h1-7,21H,(H,23,24). The summed E-state index contributed by atoms with van der Waals surface area (Å²) in [6.45, 7) is 0. The van der Waals surface area contributed by atoms with Crippen LogP contribution in [0.3, 0.4) is 0 Å². The highest BCUT2D eigenvalue weighted by molar-refractivity contribution is 5.95. The van der Waals surface area contributed by atoms with Crippen LogP contribution in [-0.2, 0) is 6.18 Å². The highest BCUT2D eigenvalue weighted by Gasteiger charge is 2.30. The molecule has 128 valence electrons. The number of carbonyl (C=O) groups is 1. The van der Waals surface area contributed by atoms with Crippen molar-refractivity contribution in [3.05, 3.63) is 63.8 Å². The molecule has 0 unspecified atom stereocenters. The zero-order valence-electron chi connectivity index (χ0n) is 12.3. The number of aromatic carboxylic acids is 1. The lowest BCUT2D eigenvalue weighted by atomic mass is 10.1. The van der Waals surface area contributed by atoms with Gasteiger partial charge in [0.05, 0.1) is 11.1 Å². The number of phenolic OH excluding ortho intramolecular Hbond substituents is 1. The van der Waals surface area contributed by atoms with Crippen LogP contribution in [0, 0.1) is 0 Å². The number of hydrogen-bond acceptors (Lipinski definition) is 4. The molecule has 2 N–H and O–H groups in total. The third-order valence-electron chi connectivity index (χ3n) is 3.55. The van der Waals surface area contributed by atoms with E-state index in [2.05, 4.69) is 0 Å². The minimum Gasteiger partial charge on any atom is -0.507 e. The Morgan fingerprint density at radius 1 is 1.04 bits per heavy atom. The molecule has 0 aliphatic rings. The van der Waals surface area contributed by atoms with Crippen molar-refractivity contribution in [2.75, 3.05) is 0 Å². The molecule has 1 heterocycles. The van der Waals surface area contributed by atoms with E-state index in [-0.39, 0.29) is 27.9 Å². The van der Waals surface area contributed by atoms with E-state index in [0.29, 0.717) is 0 Å². The van der Waals surface area contributed by atoms with Crippen LogP contribution < -0.4 is 5.43 Å². The van der Waals surface area contributed by atoms with Gasteiger partial charge in [-0.05, 0) is 24.3 Å². The molecule has 0 aliphatic heterocycles. The van der Waals surface area contributed by atoms with E-state index in [4.69, 9.17) is 9.52 Å². The fourth-order valence-corrected chi connectivity index (χ4v) is 2.36. The van der Waals surface area contributed by atoms with Crippen molar-refractivity contribution >= 4 is 16.9 Å². The minimum absolute atomic E-state index is 0.0480. The second-order valence-electron chi connectivity index (χ2n) is 5.22. The van der Waals surface area contributed by atoms with Crippen LogP contribution >= 0.6 is 0 Å². The first-order valence-electron chi connectivity index (χ1n) is 6.88. The summed E-state index contributed by atoms with van der Waals surface area (Å²) >= 11 is 0. The van der Waals surface area contributed by atoms with Gasteiger partial charge in [-0.15, -0.1) is 0 Å². The van der Waals surface area contributed by atoms with E-state index in [1.165, 1.54) is 0 Å². The lowest BCUT2D eigenvalue weighted by molar-refractivity contribution is -0.137. The molecule has 25 heavy (non-hydrogen) atoms. The van der Waals surface area contributed by atoms with Gasteiger partial charge < -0.3 is 14.6 Å².